The number of hydrogen-bond donors (Lipinski definition) is 3. The smallest absolute Gasteiger partial charge is 0.339 e. The van der Waals surface area contributed by atoms with Crippen LogP contribution in [0.4, 0.5) is 5.82 Å². The van der Waals surface area contributed by atoms with E-state index in [-0.39, 0.29) is 11.7 Å². The average Bonchev–Trinajstić information content (AvgIpc) is 2.72. The summed E-state index contributed by atoms with van der Waals surface area (Å²) in [5, 5.41) is 21.6. The molecular formula is C13H18N2O3. The molecule has 1 heterocycles. The highest BCUT2D eigenvalue weighted by Gasteiger charge is 2.23. The van der Waals surface area contributed by atoms with Crippen molar-refractivity contribution >= 4 is 11.8 Å². The van der Waals surface area contributed by atoms with Crippen molar-refractivity contribution in [3.8, 4) is 0 Å². The largest absolute Gasteiger partial charge is 0.478 e. The summed E-state index contributed by atoms with van der Waals surface area (Å²) >= 11 is 0. The SMILES string of the molecule is Cc1ccc(C(=O)O)c(NCC2CCC(O)C2)n1. The number of aliphatic hydroxyl groups excluding tert-OH is 1. The molecule has 18 heavy (non-hydrogen) atoms. The van der Waals surface area contributed by atoms with Crippen LogP contribution in [0.1, 0.15) is 35.3 Å². The van der Waals surface area contributed by atoms with Gasteiger partial charge in [0.25, 0.3) is 0 Å². The standard InChI is InChI=1S/C13H18N2O3/c1-8-2-5-11(13(17)18)12(15-8)14-7-9-3-4-10(16)6-9/h2,5,9-10,16H,3-4,6-7H2,1H3,(H,14,15)(H,17,18). The van der Waals surface area contributed by atoms with Crippen molar-refractivity contribution < 1.29 is 15.0 Å². The van der Waals surface area contributed by atoms with Gasteiger partial charge in [-0.05, 0) is 44.2 Å². The predicted octanol–water partition coefficient (Wildman–Crippen LogP) is 1.66. The molecule has 0 amide bonds. The number of carboxylic acid groups (broad SMARTS) is 1. The van der Waals surface area contributed by atoms with Crippen LogP contribution in [0.2, 0.25) is 0 Å². The van der Waals surface area contributed by atoms with Gasteiger partial charge >= 0.3 is 5.97 Å². The minimum atomic E-state index is -0.976. The average molecular weight is 250 g/mol. The Balaban J connectivity index is 2.04. The zero-order valence-corrected chi connectivity index (χ0v) is 10.4. The number of pyridine rings is 1. The lowest BCUT2D eigenvalue weighted by Gasteiger charge is -2.13. The van der Waals surface area contributed by atoms with Crippen molar-refractivity contribution in [2.45, 2.75) is 32.3 Å². The quantitative estimate of drug-likeness (QED) is 0.757. The molecule has 0 spiro atoms. The van der Waals surface area contributed by atoms with E-state index in [9.17, 15) is 9.90 Å². The normalized spacial score (nSPS) is 23.0. The number of rotatable bonds is 4. The molecular weight excluding hydrogens is 232 g/mol. The zero-order chi connectivity index (χ0) is 13.1. The van der Waals surface area contributed by atoms with E-state index in [0.717, 1.165) is 25.0 Å². The van der Waals surface area contributed by atoms with Crippen LogP contribution in [0.15, 0.2) is 12.1 Å². The van der Waals surface area contributed by atoms with E-state index < -0.39 is 5.97 Å². The lowest BCUT2D eigenvalue weighted by molar-refractivity contribution is 0.0697. The molecule has 1 saturated carbocycles. The second kappa shape index (κ2) is 5.35. The maximum atomic E-state index is 11.1. The number of aryl methyl sites for hydroxylation is 1. The van der Waals surface area contributed by atoms with Gasteiger partial charge in [0.2, 0.25) is 0 Å². The number of carbonyl (C=O) groups is 1. The van der Waals surface area contributed by atoms with E-state index in [1.165, 1.54) is 0 Å². The van der Waals surface area contributed by atoms with Gasteiger partial charge in [-0.25, -0.2) is 9.78 Å². The first-order valence-corrected chi connectivity index (χ1v) is 6.19. The molecule has 2 unspecified atom stereocenters. The molecule has 98 valence electrons. The summed E-state index contributed by atoms with van der Waals surface area (Å²) in [5.74, 6) is -0.163. The highest BCUT2D eigenvalue weighted by atomic mass is 16.4. The summed E-state index contributed by atoms with van der Waals surface area (Å²) in [4.78, 5) is 15.3. The minimum absolute atomic E-state index is 0.194. The molecule has 0 saturated heterocycles. The van der Waals surface area contributed by atoms with Crippen LogP contribution in [-0.4, -0.2) is 33.8 Å². The molecule has 1 aliphatic rings. The summed E-state index contributed by atoms with van der Waals surface area (Å²) in [7, 11) is 0. The second-order valence-corrected chi connectivity index (χ2v) is 4.87. The van der Waals surface area contributed by atoms with E-state index >= 15 is 0 Å². The number of aromatic carboxylic acids is 1. The highest BCUT2D eigenvalue weighted by molar-refractivity contribution is 5.93. The topological polar surface area (TPSA) is 82.5 Å². The van der Waals surface area contributed by atoms with Crippen LogP contribution in [0.25, 0.3) is 0 Å². The molecule has 1 aromatic heterocycles. The molecule has 2 rings (SSSR count). The molecule has 5 heteroatoms. The van der Waals surface area contributed by atoms with Crippen molar-refractivity contribution in [2.75, 3.05) is 11.9 Å². The molecule has 0 radical (unpaired) electrons. The van der Waals surface area contributed by atoms with E-state index in [4.69, 9.17) is 5.11 Å². The van der Waals surface area contributed by atoms with Crippen molar-refractivity contribution in [3.63, 3.8) is 0 Å². The van der Waals surface area contributed by atoms with Crippen LogP contribution in [0, 0.1) is 12.8 Å². The Labute approximate surface area is 106 Å². The summed E-state index contributed by atoms with van der Waals surface area (Å²) in [6, 6.07) is 3.25. The predicted molar refractivity (Wildman–Crippen MR) is 67.8 cm³/mol. The number of aromatic nitrogens is 1. The highest BCUT2D eigenvalue weighted by Crippen LogP contribution is 2.26. The van der Waals surface area contributed by atoms with Gasteiger partial charge in [-0.1, -0.05) is 0 Å². The molecule has 0 bridgehead atoms. The van der Waals surface area contributed by atoms with E-state index in [2.05, 4.69) is 10.3 Å². The van der Waals surface area contributed by atoms with E-state index in [1.807, 2.05) is 6.92 Å². The number of carboxylic acids is 1. The fraction of sp³-hybridized carbons (Fsp3) is 0.538. The maximum Gasteiger partial charge on any atom is 0.339 e. The van der Waals surface area contributed by atoms with Gasteiger partial charge in [0.1, 0.15) is 11.4 Å². The lowest BCUT2D eigenvalue weighted by atomic mass is 10.1. The van der Waals surface area contributed by atoms with Crippen molar-refractivity contribution in [3.05, 3.63) is 23.4 Å². The van der Waals surface area contributed by atoms with Crippen LogP contribution < -0.4 is 5.32 Å². The van der Waals surface area contributed by atoms with E-state index in [1.54, 1.807) is 12.1 Å². The van der Waals surface area contributed by atoms with Crippen LogP contribution >= 0.6 is 0 Å². The molecule has 5 nitrogen and oxygen atoms in total. The first-order chi connectivity index (χ1) is 8.56. The van der Waals surface area contributed by atoms with Gasteiger partial charge < -0.3 is 15.5 Å². The van der Waals surface area contributed by atoms with Crippen LogP contribution in [0.5, 0.6) is 0 Å². The van der Waals surface area contributed by atoms with Gasteiger partial charge in [-0.15, -0.1) is 0 Å². The number of aliphatic hydroxyl groups is 1. The monoisotopic (exact) mass is 250 g/mol. The first-order valence-electron chi connectivity index (χ1n) is 6.19. The summed E-state index contributed by atoms with van der Waals surface area (Å²) in [6.07, 6.45) is 2.38. The van der Waals surface area contributed by atoms with Gasteiger partial charge in [0.05, 0.1) is 6.10 Å². The van der Waals surface area contributed by atoms with Gasteiger partial charge in [-0.3, -0.25) is 0 Å². The number of anilines is 1. The Morgan fingerprint density at radius 1 is 1.50 bits per heavy atom. The number of nitrogens with one attached hydrogen (secondary N) is 1. The lowest BCUT2D eigenvalue weighted by Crippen LogP contribution is -2.16. The fourth-order valence-electron chi connectivity index (χ4n) is 2.34. The Bertz CT molecular complexity index is 448. The molecule has 1 aromatic rings. The molecule has 1 fully saturated rings. The van der Waals surface area contributed by atoms with Gasteiger partial charge in [-0.2, -0.15) is 0 Å². The summed E-state index contributed by atoms with van der Waals surface area (Å²) in [6.45, 7) is 2.49. The van der Waals surface area contributed by atoms with Gasteiger partial charge in [0, 0.05) is 12.2 Å². The molecule has 0 aromatic carbocycles. The van der Waals surface area contributed by atoms with Crippen molar-refractivity contribution in [2.24, 2.45) is 5.92 Å². The third-order valence-electron chi connectivity index (χ3n) is 3.34. The molecule has 3 N–H and O–H groups in total. The zero-order valence-electron chi connectivity index (χ0n) is 10.4. The second-order valence-electron chi connectivity index (χ2n) is 4.87. The molecule has 0 aliphatic heterocycles. The van der Waals surface area contributed by atoms with Crippen molar-refractivity contribution in [1.82, 2.24) is 4.98 Å². The number of hydrogen-bond acceptors (Lipinski definition) is 4. The maximum absolute atomic E-state index is 11.1. The molecule has 1 aliphatic carbocycles. The minimum Gasteiger partial charge on any atom is -0.478 e. The summed E-state index contributed by atoms with van der Waals surface area (Å²) < 4.78 is 0. The first kappa shape index (κ1) is 12.8. The third-order valence-corrected chi connectivity index (χ3v) is 3.34. The molecule has 2 atom stereocenters. The Morgan fingerprint density at radius 2 is 2.28 bits per heavy atom. The van der Waals surface area contributed by atoms with Crippen LogP contribution in [0.3, 0.4) is 0 Å². The fourth-order valence-corrected chi connectivity index (χ4v) is 2.34. The van der Waals surface area contributed by atoms with Crippen molar-refractivity contribution in [1.29, 1.82) is 0 Å². The Morgan fingerprint density at radius 3 is 2.89 bits per heavy atom. The van der Waals surface area contributed by atoms with E-state index in [0.29, 0.717) is 18.3 Å². The Kier molecular flexibility index (Phi) is 3.81. The van der Waals surface area contributed by atoms with Crippen LogP contribution in [-0.2, 0) is 0 Å². The third kappa shape index (κ3) is 2.98. The number of nitrogens with zero attached hydrogens (tertiary/aromatic N) is 1. The van der Waals surface area contributed by atoms with Gasteiger partial charge in [0.15, 0.2) is 0 Å². The summed E-state index contributed by atoms with van der Waals surface area (Å²) in [5.41, 5.74) is 0.980. The Hall–Kier alpha value is -1.62.